The summed E-state index contributed by atoms with van der Waals surface area (Å²) in [4.78, 5) is 0. The van der Waals surface area contributed by atoms with E-state index in [1.165, 1.54) is 0 Å². The Bertz CT molecular complexity index is 76.0. The molecular formula is C7H14Cl2O. The molecule has 0 heterocycles. The van der Waals surface area contributed by atoms with Gasteiger partial charge in [-0.3, -0.25) is 0 Å². The van der Waals surface area contributed by atoms with E-state index < -0.39 is 0 Å². The number of rotatable bonds is 5. The minimum atomic E-state index is 0.0281. The first-order valence-corrected chi connectivity index (χ1v) is 4.44. The third-order valence-electron chi connectivity index (χ3n) is 1.39. The van der Waals surface area contributed by atoms with Gasteiger partial charge in [-0.1, -0.05) is 0 Å². The molecule has 0 saturated carbocycles. The zero-order valence-electron chi connectivity index (χ0n) is 6.19. The molecule has 2 atom stereocenters. The van der Waals surface area contributed by atoms with Gasteiger partial charge in [-0.05, 0) is 26.2 Å². The molecule has 0 aliphatic heterocycles. The summed E-state index contributed by atoms with van der Waals surface area (Å²) < 4.78 is 0. The average molecular weight is 185 g/mol. The fourth-order valence-corrected chi connectivity index (χ4v) is 0.961. The van der Waals surface area contributed by atoms with E-state index in [2.05, 4.69) is 0 Å². The Morgan fingerprint density at radius 3 is 2.30 bits per heavy atom. The molecule has 3 heteroatoms. The van der Waals surface area contributed by atoms with E-state index in [1.807, 2.05) is 6.92 Å². The Morgan fingerprint density at radius 1 is 1.30 bits per heavy atom. The van der Waals surface area contributed by atoms with Gasteiger partial charge in [0.05, 0.1) is 0 Å². The van der Waals surface area contributed by atoms with E-state index >= 15 is 0 Å². The van der Waals surface area contributed by atoms with Gasteiger partial charge in [0, 0.05) is 17.4 Å². The van der Waals surface area contributed by atoms with Crippen molar-refractivity contribution in [2.75, 3.05) is 6.61 Å². The number of hydrogen-bond acceptors (Lipinski definition) is 1. The molecule has 1 N–H and O–H groups in total. The maximum absolute atomic E-state index is 8.44. The minimum Gasteiger partial charge on any atom is -0.396 e. The second-order valence-electron chi connectivity index (χ2n) is 2.41. The Kier molecular flexibility index (Phi) is 6.60. The van der Waals surface area contributed by atoms with Crippen molar-refractivity contribution in [1.29, 1.82) is 0 Å². The molecule has 0 spiro atoms. The van der Waals surface area contributed by atoms with Crippen LogP contribution in [-0.4, -0.2) is 22.5 Å². The van der Waals surface area contributed by atoms with Gasteiger partial charge in [-0.15, -0.1) is 23.2 Å². The first-order chi connectivity index (χ1) is 4.68. The van der Waals surface area contributed by atoms with Crippen LogP contribution in [0.1, 0.15) is 26.2 Å². The smallest absolute Gasteiger partial charge is 0.0497 e. The zero-order chi connectivity index (χ0) is 7.98. The van der Waals surface area contributed by atoms with Crippen molar-refractivity contribution in [1.82, 2.24) is 0 Å². The first-order valence-electron chi connectivity index (χ1n) is 3.57. The van der Waals surface area contributed by atoms with Gasteiger partial charge in [0.25, 0.3) is 0 Å². The van der Waals surface area contributed by atoms with Crippen molar-refractivity contribution in [3.8, 4) is 0 Å². The molecular weight excluding hydrogens is 171 g/mol. The summed E-state index contributed by atoms with van der Waals surface area (Å²) in [5, 5.41) is 8.52. The van der Waals surface area contributed by atoms with Gasteiger partial charge >= 0.3 is 0 Å². The lowest BCUT2D eigenvalue weighted by molar-refractivity contribution is 0.283. The third kappa shape index (κ3) is 5.33. The van der Waals surface area contributed by atoms with Gasteiger partial charge in [0.1, 0.15) is 0 Å². The lowest BCUT2D eigenvalue weighted by Crippen LogP contribution is -2.10. The maximum Gasteiger partial charge on any atom is 0.0497 e. The number of hydrogen-bond donors (Lipinski definition) is 1. The number of aliphatic hydroxyl groups excluding tert-OH is 1. The van der Waals surface area contributed by atoms with E-state index in [9.17, 15) is 0 Å². The maximum atomic E-state index is 8.44. The van der Waals surface area contributed by atoms with Crippen LogP contribution < -0.4 is 0 Å². The summed E-state index contributed by atoms with van der Waals surface area (Å²) in [6.45, 7) is 2.14. The molecule has 0 aliphatic carbocycles. The highest BCUT2D eigenvalue weighted by Gasteiger charge is 2.09. The molecule has 0 bridgehead atoms. The fourth-order valence-electron chi connectivity index (χ4n) is 0.681. The van der Waals surface area contributed by atoms with Crippen molar-refractivity contribution in [3.05, 3.63) is 0 Å². The first kappa shape index (κ1) is 10.5. The van der Waals surface area contributed by atoms with E-state index in [0.29, 0.717) is 0 Å². The molecule has 0 aliphatic rings. The van der Waals surface area contributed by atoms with E-state index in [0.717, 1.165) is 19.3 Å². The van der Waals surface area contributed by atoms with Crippen LogP contribution in [0.3, 0.4) is 0 Å². The predicted molar refractivity (Wildman–Crippen MR) is 45.9 cm³/mol. The van der Waals surface area contributed by atoms with Crippen LogP contribution in [0, 0.1) is 0 Å². The lowest BCUT2D eigenvalue weighted by Gasteiger charge is -2.09. The van der Waals surface area contributed by atoms with Gasteiger partial charge in [0.15, 0.2) is 0 Å². The normalized spacial score (nSPS) is 16.8. The van der Waals surface area contributed by atoms with Crippen LogP contribution in [0.15, 0.2) is 0 Å². The number of unbranched alkanes of at least 4 members (excludes halogenated alkanes) is 1. The standard InChI is InChI=1S/C7H14Cl2O/c1-6(8)7(9)4-2-3-5-10/h6-7,10H,2-5H2,1H3. The number of aliphatic hydroxyl groups is 1. The van der Waals surface area contributed by atoms with Crippen molar-refractivity contribution in [2.45, 2.75) is 36.9 Å². The molecule has 2 unspecified atom stereocenters. The molecule has 0 aromatic carbocycles. The Morgan fingerprint density at radius 2 is 1.90 bits per heavy atom. The summed E-state index contributed by atoms with van der Waals surface area (Å²) >= 11 is 11.6. The van der Waals surface area contributed by atoms with Crippen LogP contribution in [0.4, 0.5) is 0 Å². The van der Waals surface area contributed by atoms with Crippen LogP contribution >= 0.6 is 23.2 Å². The molecule has 0 radical (unpaired) electrons. The lowest BCUT2D eigenvalue weighted by atomic mass is 10.1. The highest BCUT2D eigenvalue weighted by molar-refractivity contribution is 6.29. The van der Waals surface area contributed by atoms with E-state index in [1.54, 1.807) is 0 Å². The monoisotopic (exact) mass is 184 g/mol. The zero-order valence-corrected chi connectivity index (χ0v) is 7.70. The molecule has 0 amide bonds. The SMILES string of the molecule is CC(Cl)C(Cl)CCCCO. The molecule has 0 fully saturated rings. The summed E-state index contributed by atoms with van der Waals surface area (Å²) in [5.74, 6) is 0. The van der Waals surface area contributed by atoms with Gasteiger partial charge in [-0.25, -0.2) is 0 Å². The van der Waals surface area contributed by atoms with Crippen LogP contribution in [0.2, 0.25) is 0 Å². The van der Waals surface area contributed by atoms with Crippen LogP contribution in [0.25, 0.3) is 0 Å². The molecule has 0 aromatic rings. The second kappa shape index (κ2) is 6.26. The van der Waals surface area contributed by atoms with Crippen LogP contribution in [-0.2, 0) is 0 Å². The Balaban J connectivity index is 3.13. The largest absolute Gasteiger partial charge is 0.396 e. The molecule has 0 saturated heterocycles. The van der Waals surface area contributed by atoms with Crippen molar-refractivity contribution >= 4 is 23.2 Å². The molecule has 0 aromatic heterocycles. The third-order valence-corrected chi connectivity index (χ3v) is 2.42. The van der Waals surface area contributed by atoms with Gasteiger partial charge in [0.2, 0.25) is 0 Å². The Hall–Kier alpha value is 0.540. The quantitative estimate of drug-likeness (QED) is 0.515. The Labute approximate surface area is 72.3 Å². The predicted octanol–water partition coefficient (Wildman–Crippen LogP) is 2.38. The number of alkyl halides is 2. The fraction of sp³-hybridized carbons (Fsp3) is 1.00. The number of halogens is 2. The summed E-state index contributed by atoms with van der Waals surface area (Å²) in [5.41, 5.74) is 0. The molecule has 62 valence electrons. The van der Waals surface area contributed by atoms with Crippen molar-refractivity contribution < 1.29 is 5.11 Å². The molecule has 10 heavy (non-hydrogen) atoms. The summed E-state index contributed by atoms with van der Waals surface area (Å²) in [6, 6.07) is 0. The minimum absolute atomic E-state index is 0.0281. The van der Waals surface area contributed by atoms with Crippen LogP contribution in [0.5, 0.6) is 0 Å². The van der Waals surface area contributed by atoms with Gasteiger partial charge in [-0.2, -0.15) is 0 Å². The second-order valence-corrected chi connectivity index (χ2v) is 3.66. The topological polar surface area (TPSA) is 20.2 Å². The van der Waals surface area contributed by atoms with Crippen molar-refractivity contribution in [2.24, 2.45) is 0 Å². The summed E-state index contributed by atoms with van der Waals surface area (Å²) in [7, 11) is 0. The van der Waals surface area contributed by atoms with Crippen molar-refractivity contribution in [3.63, 3.8) is 0 Å². The average Bonchev–Trinajstić information content (AvgIpc) is 1.88. The van der Waals surface area contributed by atoms with Gasteiger partial charge < -0.3 is 5.11 Å². The highest BCUT2D eigenvalue weighted by atomic mass is 35.5. The summed E-state index contributed by atoms with van der Waals surface area (Å²) in [6.07, 6.45) is 2.68. The van der Waals surface area contributed by atoms with E-state index in [-0.39, 0.29) is 17.4 Å². The molecule has 1 nitrogen and oxygen atoms in total. The molecule has 0 rings (SSSR count). The van der Waals surface area contributed by atoms with E-state index in [4.69, 9.17) is 28.3 Å². The highest BCUT2D eigenvalue weighted by Crippen LogP contribution is 2.15.